The van der Waals surface area contributed by atoms with Gasteiger partial charge in [-0.15, -0.1) is 0 Å². The molecular formula is C12H13N5O. The van der Waals surface area contributed by atoms with Crippen molar-refractivity contribution in [3.05, 3.63) is 41.1 Å². The Kier molecular flexibility index (Phi) is 2.07. The van der Waals surface area contributed by atoms with Crippen LogP contribution in [0.2, 0.25) is 0 Å². The van der Waals surface area contributed by atoms with Crippen LogP contribution < -0.4 is 11.3 Å². The highest BCUT2D eigenvalue weighted by Gasteiger charge is 2.10. The Labute approximate surface area is 103 Å². The molecule has 0 radical (unpaired) electrons. The largest absolute Gasteiger partial charge is 0.385 e. The smallest absolute Gasteiger partial charge is 0.264 e. The van der Waals surface area contributed by atoms with E-state index in [4.69, 9.17) is 5.73 Å². The number of hydrogen-bond donors (Lipinski definition) is 1. The number of nitrogen functional groups attached to an aromatic ring is 1. The zero-order valence-electron chi connectivity index (χ0n) is 10.2. The number of pyridine rings is 1. The summed E-state index contributed by atoms with van der Waals surface area (Å²) in [6, 6.07) is 3.57. The Morgan fingerprint density at radius 3 is 2.78 bits per heavy atom. The van der Waals surface area contributed by atoms with Crippen LogP contribution in [0.15, 0.2) is 35.5 Å². The molecule has 0 aromatic carbocycles. The standard InChI is InChI=1S/C12H13N5O/c1-15-7-8(6-14-15)17-4-3-10-9(12(17)18)5-11(13)16(10)2/h3-7H,13H2,1-2H3. The fourth-order valence-corrected chi connectivity index (χ4v) is 2.09. The number of hydrogen-bond acceptors (Lipinski definition) is 3. The maximum Gasteiger partial charge on any atom is 0.264 e. The van der Waals surface area contributed by atoms with Crippen molar-refractivity contribution in [2.75, 3.05) is 5.73 Å². The van der Waals surface area contributed by atoms with Gasteiger partial charge in [-0.3, -0.25) is 14.0 Å². The predicted octanol–water partition coefficient (Wildman–Crippen LogP) is 0.645. The molecule has 0 amide bonds. The van der Waals surface area contributed by atoms with Crippen molar-refractivity contribution in [2.45, 2.75) is 0 Å². The summed E-state index contributed by atoms with van der Waals surface area (Å²) in [5, 5.41) is 4.68. The van der Waals surface area contributed by atoms with E-state index in [1.807, 2.05) is 20.2 Å². The minimum absolute atomic E-state index is 0.0900. The molecule has 3 aromatic rings. The topological polar surface area (TPSA) is 70.8 Å². The first-order valence-electron chi connectivity index (χ1n) is 5.53. The highest BCUT2D eigenvalue weighted by Crippen LogP contribution is 2.17. The average molecular weight is 243 g/mol. The van der Waals surface area contributed by atoms with Crippen LogP contribution in [0.25, 0.3) is 16.6 Å². The first-order chi connectivity index (χ1) is 8.58. The van der Waals surface area contributed by atoms with E-state index in [2.05, 4.69) is 5.10 Å². The van der Waals surface area contributed by atoms with Gasteiger partial charge in [0.2, 0.25) is 0 Å². The van der Waals surface area contributed by atoms with Crippen molar-refractivity contribution >= 4 is 16.7 Å². The molecule has 0 atom stereocenters. The Bertz CT molecular complexity index is 793. The van der Waals surface area contributed by atoms with E-state index in [1.54, 1.807) is 38.5 Å². The van der Waals surface area contributed by atoms with Gasteiger partial charge in [0.1, 0.15) is 5.82 Å². The van der Waals surface area contributed by atoms with Crippen LogP contribution in [-0.4, -0.2) is 18.9 Å². The van der Waals surface area contributed by atoms with Gasteiger partial charge in [0.25, 0.3) is 5.56 Å². The van der Waals surface area contributed by atoms with Gasteiger partial charge in [0.05, 0.1) is 22.8 Å². The van der Waals surface area contributed by atoms with Gasteiger partial charge in [-0.2, -0.15) is 5.10 Å². The van der Waals surface area contributed by atoms with Gasteiger partial charge in [-0.25, -0.2) is 0 Å². The van der Waals surface area contributed by atoms with E-state index in [1.165, 1.54) is 0 Å². The first kappa shape index (κ1) is 10.6. The molecule has 18 heavy (non-hydrogen) atoms. The molecule has 0 fully saturated rings. The summed E-state index contributed by atoms with van der Waals surface area (Å²) in [4.78, 5) is 12.4. The second-order valence-corrected chi connectivity index (χ2v) is 4.29. The Balaban J connectivity index is 2.33. The van der Waals surface area contributed by atoms with Crippen molar-refractivity contribution in [2.24, 2.45) is 14.1 Å². The highest BCUT2D eigenvalue weighted by molar-refractivity contribution is 5.83. The molecular weight excluding hydrogens is 230 g/mol. The number of rotatable bonds is 1. The van der Waals surface area contributed by atoms with Crippen LogP contribution in [-0.2, 0) is 14.1 Å². The first-order valence-corrected chi connectivity index (χ1v) is 5.53. The predicted molar refractivity (Wildman–Crippen MR) is 69.7 cm³/mol. The lowest BCUT2D eigenvalue weighted by atomic mass is 10.3. The van der Waals surface area contributed by atoms with Crippen LogP contribution in [0.5, 0.6) is 0 Å². The Morgan fingerprint density at radius 1 is 1.33 bits per heavy atom. The SMILES string of the molecule is Cn1cc(-n2ccc3c(cc(N)n3C)c2=O)cn1. The summed E-state index contributed by atoms with van der Waals surface area (Å²) in [5.41, 5.74) is 7.30. The van der Waals surface area contributed by atoms with Gasteiger partial charge in [0.15, 0.2) is 0 Å². The molecule has 0 bridgehead atoms. The molecule has 0 aliphatic heterocycles. The monoisotopic (exact) mass is 243 g/mol. The van der Waals surface area contributed by atoms with Gasteiger partial charge in [-0.05, 0) is 12.1 Å². The van der Waals surface area contributed by atoms with Gasteiger partial charge >= 0.3 is 0 Å². The normalized spacial score (nSPS) is 11.2. The van der Waals surface area contributed by atoms with E-state index in [-0.39, 0.29) is 5.56 Å². The number of aromatic nitrogens is 4. The van der Waals surface area contributed by atoms with Gasteiger partial charge in [-0.1, -0.05) is 0 Å². The molecule has 2 N–H and O–H groups in total. The third-order valence-electron chi connectivity index (χ3n) is 3.12. The van der Waals surface area contributed by atoms with Gasteiger partial charge < -0.3 is 10.3 Å². The van der Waals surface area contributed by atoms with Crippen molar-refractivity contribution < 1.29 is 0 Å². The van der Waals surface area contributed by atoms with Crippen molar-refractivity contribution in [3.8, 4) is 5.69 Å². The molecule has 6 nitrogen and oxygen atoms in total. The molecule has 0 saturated heterocycles. The van der Waals surface area contributed by atoms with Crippen LogP contribution in [0.3, 0.4) is 0 Å². The number of nitrogens with two attached hydrogens (primary N) is 1. The summed E-state index contributed by atoms with van der Waals surface area (Å²) in [6.07, 6.45) is 5.18. The van der Waals surface area contributed by atoms with E-state index < -0.39 is 0 Å². The van der Waals surface area contributed by atoms with E-state index >= 15 is 0 Å². The lowest BCUT2D eigenvalue weighted by Gasteiger charge is -2.03. The molecule has 0 aliphatic rings. The highest BCUT2D eigenvalue weighted by atomic mass is 16.1. The maximum absolute atomic E-state index is 12.4. The third kappa shape index (κ3) is 1.35. The van der Waals surface area contributed by atoms with Crippen LogP contribution in [0, 0.1) is 0 Å². The van der Waals surface area contributed by atoms with Crippen molar-refractivity contribution in [3.63, 3.8) is 0 Å². The minimum atomic E-state index is -0.0900. The molecule has 3 aromatic heterocycles. The lowest BCUT2D eigenvalue weighted by molar-refractivity contribution is 0.767. The average Bonchev–Trinajstić information content (AvgIpc) is 2.87. The summed E-state index contributed by atoms with van der Waals surface area (Å²) in [5.74, 6) is 0.575. The van der Waals surface area contributed by atoms with E-state index in [0.717, 1.165) is 11.2 Å². The minimum Gasteiger partial charge on any atom is -0.385 e. The molecule has 3 rings (SSSR count). The van der Waals surface area contributed by atoms with E-state index in [0.29, 0.717) is 11.2 Å². The van der Waals surface area contributed by atoms with E-state index in [9.17, 15) is 4.79 Å². The molecule has 0 aliphatic carbocycles. The van der Waals surface area contributed by atoms with Crippen LogP contribution >= 0.6 is 0 Å². The van der Waals surface area contributed by atoms with Crippen molar-refractivity contribution in [1.29, 1.82) is 0 Å². The summed E-state index contributed by atoms with van der Waals surface area (Å²) < 4.78 is 5.02. The number of aryl methyl sites for hydroxylation is 2. The second-order valence-electron chi connectivity index (χ2n) is 4.29. The summed E-state index contributed by atoms with van der Waals surface area (Å²) in [6.45, 7) is 0. The number of nitrogens with zero attached hydrogens (tertiary/aromatic N) is 4. The molecule has 92 valence electrons. The number of fused-ring (bicyclic) bond motifs is 1. The Morgan fingerprint density at radius 2 is 2.11 bits per heavy atom. The fraction of sp³-hybridized carbons (Fsp3) is 0.167. The number of anilines is 1. The molecule has 0 unspecified atom stereocenters. The van der Waals surface area contributed by atoms with Crippen LogP contribution in [0.1, 0.15) is 0 Å². The Hall–Kier alpha value is -2.50. The second kappa shape index (κ2) is 3.49. The zero-order valence-corrected chi connectivity index (χ0v) is 10.2. The molecule has 0 spiro atoms. The quantitative estimate of drug-likeness (QED) is 0.682. The molecule has 6 heteroatoms. The third-order valence-corrected chi connectivity index (χ3v) is 3.12. The molecule has 0 saturated carbocycles. The van der Waals surface area contributed by atoms with Crippen LogP contribution in [0.4, 0.5) is 5.82 Å². The lowest BCUT2D eigenvalue weighted by Crippen LogP contribution is -2.16. The summed E-state index contributed by atoms with van der Waals surface area (Å²) >= 11 is 0. The maximum atomic E-state index is 12.4. The zero-order chi connectivity index (χ0) is 12.9. The fourth-order valence-electron chi connectivity index (χ4n) is 2.09. The van der Waals surface area contributed by atoms with Gasteiger partial charge in [0, 0.05) is 26.5 Å². The summed E-state index contributed by atoms with van der Waals surface area (Å²) in [7, 11) is 3.65. The molecule has 3 heterocycles. The van der Waals surface area contributed by atoms with Crippen molar-refractivity contribution in [1.82, 2.24) is 18.9 Å².